The average molecular weight is 601 g/mol. The molecular weight excluding hydrogens is 576 g/mol. The summed E-state index contributed by atoms with van der Waals surface area (Å²) in [6.45, 7) is -0.963. The number of hydrogen-bond acceptors (Lipinski definition) is 9. The Balaban J connectivity index is 1.43. The summed E-state index contributed by atoms with van der Waals surface area (Å²) in [6, 6.07) is 17.5. The molecule has 2 heterocycles. The minimum Gasteiger partial charge on any atom is -0.482 e. The highest BCUT2D eigenvalue weighted by Gasteiger charge is 2.40. The van der Waals surface area contributed by atoms with Gasteiger partial charge in [0.15, 0.2) is 13.2 Å². The lowest BCUT2D eigenvalue weighted by molar-refractivity contribution is -0.160. The van der Waals surface area contributed by atoms with Gasteiger partial charge in [-0.3, -0.25) is 14.3 Å². The number of para-hydroxylation sites is 2. The Hall–Kier alpha value is -4.16. The van der Waals surface area contributed by atoms with E-state index in [9.17, 15) is 19.2 Å². The van der Waals surface area contributed by atoms with Crippen LogP contribution in [0.3, 0.4) is 0 Å². The Bertz CT molecular complexity index is 1410. The number of carbonyl (C=O) groups is 2. The van der Waals surface area contributed by atoms with Crippen molar-refractivity contribution in [3.63, 3.8) is 0 Å². The van der Waals surface area contributed by atoms with Crippen LogP contribution in [0.25, 0.3) is 6.08 Å². The zero-order chi connectivity index (χ0) is 27.6. The summed E-state index contributed by atoms with van der Waals surface area (Å²) in [6.07, 6.45) is 0.179. The first kappa shape index (κ1) is 27.9. The second kappa shape index (κ2) is 13.6. The van der Waals surface area contributed by atoms with Crippen molar-refractivity contribution < 1.29 is 33.3 Å². The lowest BCUT2D eigenvalue weighted by Gasteiger charge is -2.19. The van der Waals surface area contributed by atoms with Crippen molar-refractivity contribution in [1.29, 1.82) is 0 Å². The maximum atomic E-state index is 12.5. The number of nitrogens with one attached hydrogen (secondary N) is 1. The molecule has 204 valence electrons. The molecule has 1 aromatic heterocycles. The van der Waals surface area contributed by atoms with E-state index in [4.69, 9.17) is 23.7 Å². The highest BCUT2D eigenvalue weighted by atomic mass is 79.9. The van der Waals surface area contributed by atoms with E-state index in [-0.39, 0.29) is 31.8 Å². The fraction of sp³-hybridized carbons (Fsp3) is 0.259. The first-order chi connectivity index (χ1) is 18.9. The van der Waals surface area contributed by atoms with Gasteiger partial charge in [0.05, 0.1) is 5.56 Å². The molecule has 0 amide bonds. The number of rotatable bonds is 11. The molecule has 3 aromatic rings. The lowest BCUT2D eigenvalue weighted by atomic mass is 10.2. The number of H-pyrrole nitrogens is 1. The molecule has 0 saturated carbocycles. The minimum absolute atomic E-state index is 0.0588. The van der Waals surface area contributed by atoms with Crippen molar-refractivity contribution in [1.82, 2.24) is 9.55 Å². The Morgan fingerprint density at radius 2 is 1.59 bits per heavy atom. The van der Waals surface area contributed by atoms with Crippen LogP contribution in [0, 0.1) is 0 Å². The van der Waals surface area contributed by atoms with Gasteiger partial charge in [-0.25, -0.2) is 14.4 Å². The van der Waals surface area contributed by atoms with Gasteiger partial charge in [-0.15, -0.1) is 0 Å². The first-order valence-electron chi connectivity index (χ1n) is 11.9. The number of esters is 2. The fourth-order valence-corrected chi connectivity index (χ4v) is 4.07. The molecule has 11 nitrogen and oxygen atoms in total. The standard InChI is InChI=1S/C27H25BrN2O9/c28-12-11-18-14-30(27(34)29-26(18)33)23-13-21(39-25(32)17-36-20-9-5-2-6-10-20)22(38-23)15-37-24(31)16-35-19-7-3-1-4-8-19/h1-12,14,21-23H,13,15-17H2,(H,29,33,34)/b12-11+/t21?,22-,23-/m0/s1. The molecule has 4 rings (SSSR count). The maximum Gasteiger partial charge on any atom is 0.344 e. The normalized spacial score (nSPS) is 18.5. The monoisotopic (exact) mass is 600 g/mol. The van der Waals surface area contributed by atoms with Crippen LogP contribution in [0.2, 0.25) is 0 Å². The van der Waals surface area contributed by atoms with Crippen molar-refractivity contribution >= 4 is 33.9 Å². The number of hydrogen-bond donors (Lipinski definition) is 1. The van der Waals surface area contributed by atoms with E-state index >= 15 is 0 Å². The Kier molecular flexibility index (Phi) is 9.70. The molecule has 0 bridgehead atoms. The molecule has 1 N–H and O–H groups in total. The second-order valence-corrected chi connectivity index (χ2v) is 8.85. The first-order valence-corrected chi connectivity index (χ1v) is 12.8. The molecule has 1 aliphatic rings. The topological polar surface area (TPSA) is 135 Å². The smallest absolute Gasteiger partial charge is 0.344 e. The van der Waals surface area contributed by atoms with Gasteiger partial charge in [0, 0.05) is 12.6 Å². The van der Waals surface area contributed by atoms with Crippen LogP contribution in [0.4, 0.5) is 0 Å². The van der Waals surface area contributed by atoms with Gasteiger partial charge in [-0.05, 0) is 35.3 Å². The molecular formula is C27H25BrN2O9. The Morgan fingerprint density at radius 3 is 2.21 bits per heavy atom. The summed E-state index contributed by atoms with van der Waals surface area (Å²) >= 11 is 3.11. The molecule has 3 atom stereocenters. The molecule has 39 heavy (non-hydrogen) atoms. The van der Waals surface area contributed by atoms with Crippen LogP contribution < -0.4 is 20.7 Å². The molecule has 1 aliphatic heterocycles. The summed E-state index contributed by atoms with van der Waals surface area (Å²) in [5.74, 6) is -0.336. The van der Waals surface area contributed by atoms with Gasteiger partial charge in [-0.2, -0.15) is 0 Å². The third-order valence-electron chi connectivity index (χ3n) is 5.62. The number of benzene rings is 2. The maximum absolute atomic E-state index is 12.5. The summed E-state index contributed by atoms with van der Waals surface area (Å²) in [5, 5.41) is 0. The van der Waals surface area contributed by atoms with E-state index in [0.29, 0.717) is 11.5 Å². The molecule has 1 unspecified atom stereocenters. The quantitative estimate of drug-likeness (QED) is 0.329. The van der Waals surface area contributed by atoms with Crippen molar-refractivity contribution in [2.45, 2.75) is 24.9 Å². The SMILES string of the molecule is O=C(COc1ccccc1)OC[C@@H]1O[C@H](n2cc(/C=C/Br)c(=O)[nH]c2=O)CC1OC(=O)COc1ccccc1. The van der Waals surface area contributed by atoms with E-state index in [2.05, 4.69) is 20.9 Å². The van der Waals surface area contributed by atoms with Crippen LogP contribution >= 0.6 is 15.9 Å². The third-order valence-corrected chi connectivity index (χ3v) is 5.88. The highest BCUT2D eigenvalue weighted by molar-refractivity contribution is 9.11. The van der Waals surface area contributed by atoms with Gasteiger partial charge in [0.1, 0.15) is 36.5 Å². The number of aromatic nitrogens is 2. The number of carbonyl (C=O) groups excluding carboxylic acids is 2. The number of halogens is 1. The number of ether oxygens (including phenoxy) is 5. The molecule has 1 fully saturated rings. The molecule has 0 aliphatic carbocycles. The van der Waals surface area contributed by atoms with Gasteiger partial charge in [0.2, 0.25) is 0 Å². The fourth-order valence-electron chi connectivity index (χ4n) is 3.78. The lowest BCUT2D eigenvalue weighted by Crippen LogP contribution is -2.34. The summed E-state index contributed by atoms with van der Waals surface area (Å²) in [5.41, 5.74) is -1.08. The molecule has 2 aromatic carbocycles. The van der Waals surface area contributed by atoms with Crippen molar-refractivity contribution in [2.24, 2.45) is 0 Å². The van der Waals surface area contributed by atoms with Crippen LogP contribution in [0.15, 0.2) is 81.4 Å². The van der Waals surface area contributed by atoms with Crippen molar-refractivity contribution in [3.8, 4) is 11.5 Å². The molecule has 0 radical (unpaired) electrons. The van der Waals surface area contributed by atoms with Crippen molar-refractivity contribution in [3.05, 3.63) is 98.2 Å². The zero-order valence-corrected chi connectivity index (χ0v) is 22.2. The minimum atomic E-state index is -0.908. The van der Waals surface area contributed by atoms with Gasteiger partial charge in [0.25, 0.3) is 5.56 Å². The second-order valence-electron chi connectivity index (χ2n) is 8.32. The van der Waals surface area contributed by atoms with Crippen molar-refractivity contribution in [2.75, 3.05) is 19.8 Å². The summed E-state index contributed by atoms with van der Waals surface area (Å²) in [4.78, 5) is 53.1. The van der Waals surface area contributed by atoms with Crippen LogP contribution in [0.5, 0.6) is 11.5 Å². The largest absolute Gasteiger partial charge is 0.482 e. The highest BCUT2D eigenvalue weighted by Crippen LogP contribution is 2.30. The van der Waals surface area contributed by atoms with E-state index < -0.39 is 41.6 Å². The van der Waals surface area contributed by atoms with Gasteiger partial charge >= 0.3 is 17.6 Å². The number of aromatic amines is 1. The Morgan fingerprint density at radius 1 is 0.974 bits per heavy atom. The van der Waals surface area contributed by atoms with E-state index in [1.807, 2.05) is 12.1 Å². The van der Waals surface area contributed by atoms with E-state index in [1.165, 1.54) is 21.8 Å². The average Bonchev–Trinajstić information content (AvgIpc) is 3.34. The van der Waals surface area contributed by atoms with Gasteiger partial charge in [-0.1, -0.05) is 52.3 Å². The van der Waals surface area contributed by atoms with Gasteiger partial charge < -0.3 is 23.7 Å². The third kappa shape index (κ3) is 7.91. The predicted octanol–water partition coefficient (Wildman–Crippen LogP) is 2.80. The van der Waals surface area contributed by atoms with Crippen LogP contribution in [-0.2, 0) is 23.8 Å². The Labute approximate surface area is 231 Å². The molecule has 1 saturated heterocycles. The predicted molar refractivity (Wildman–Crippen MR) is 143 cm³/mol. The zero-order valence-electron chi connectivity index (χ0n) is 20.6. The summed E-state index contributed by atoms with van der Waals surface area (Å²) < 4.78 is 28.9. The van der Waals surface area contributed by atoms with E-state index in [0.717, 1.165) is 0 Å². The van der Waals surface area contributed by atoms with Crippen LogP contribution in [-0.4, -0.2) is 53.5 Å². The molecule has 0 spiro atoms. The van der Waals surface area contributed by atoms with Crippen LogP contribution in [0.1, 0.15) is 18.2 Å². The number of nitrogens with zero attached hydrogens (tertiary/aromatic N) is 1. The van der Waals surface area contributed by atoms with E-state index in [1.54, 1.807) is 48.5 Å². The summed E-state index contributed by atoms with van der Waals surface area (Å²) in [7, 11) is 0. The molecule has 12 heteroatoms.